The van der Waals surface area contributed by atoms with E-state index in [1.165, 1.54) is 9.80 Å². The van der Waals surface area contributed by atoms with Gasteiger partial charge in [-0.3, -0.25) is 9.78 Å². The number of hydrogen-bond donors (Lipinski definition) is 0. The van der Waals surface area contributed by atoms with Gasteiger partial charge < -0.3 is 14.5 Å². The topological polar surface area (TPSA) is 62.7 Å². The summed E-state index contributed by atoms with van der Waals surface area (Å²) in [6, 6.07) is 1.05. The first-order chi connectivity index (χ1) is 11.7. The maximum atomic E-state index is 14.6. The van der Waals surface area contributed by atoms with Crippen LogP contribution in [0.3, 0.4) is 0 Å². The number of carbonyl (C=O) groups excluding carboxylic acids is 2. The molecular weight excluding hydrogens is 393 g/mol. The zero-order valence-corrected chi connectivity index (χ0v) is 16.0. The van der Waals surface area contributed by atoms with Crippen LogP contribution in [-0.2, 0) is 11.2 Å². The van der Waals surface area contributed by atoms with Crippen LogP contribution in [0.2, 0.25) is 0 Å². The molecule has 1 fully saturated rings. The predicted octanol–water partition coefficient (Wildman–Crippen LogP) is 2.80. The number of halogens is 2. The number of carbonyl (C=O) groups is 2. The lowest BCUT2D eigenvalue weighted by Gasteiger charge is -2.33. The highest BCUT2D eigenvalue weighted by Gasteiger charge is 2.43. The van der Waals surface area contributed by atoms with Gasteiger partial charge in [-0.25, -0.2) is 9.18 Å². The highest BCUT2D eigenvalue weighted by atomic mass is 79.9. The summed E-state index contributed by atoms with van der Waals surface area (Å²) in [6.07, 6.45) is 0.383. The molecule has 0 spiro atoms. The van der Waals surface area contributed by atoms with Crippen LogP contribution in [0.4, 0.5) is 9.18 Å². The molecule has 6 nitrogen and oxygen atoms in total. The van der Waals surface area contributed by atoms with Crippen LogP contribution in [0.25, 0.3) is 0 Å². The van der Waals surface area contributed by atoms with Crippen molar-refractivity contribution in [2.45, 2.75) is 45.0 Å². The third-order valence-corrected chi connectivity index (χ3v) is 4.72. The number of ether oxygens (including phenoxy) is 1. The normalized spacial score (nSPS) is 23.6. The molecule has 0 radical (unpaired) electrons. The minimum atomic E-state index is -1.29. The van der Waals surface area contributed by atoms with Gasteiger partial charge in [-0.05, 0) is 42.8 Å². The van der Waals surface area contributed by atoms with Crippen LogP contribution in [0.5, 0.6) is 0 Å². The minimum absolute atomic E-state index is 0.0625. The number of nitrogens with zero attached hydrogens (tertiary/aromatic N) is 3. The molecule has 0 saturated carbocycles. The van der Waals surface area contributed by atoms with E-state index >= 15 is 0 Å². The summed E-state index contributed by atoms with van der Waals surface area (Å²) in [6.45, 7) is 5.77. The standard InChI is InChI=1S/C17H21BrFN3O3/c1-17(2,3)25-16(24)21-8-12(19)14(9-21)22-5-4-13-11(15(22)23)6-10(18)7-20-13/h6-7,12,14H,4-5,8-9H2,1-3H3. The van der Waals surface area contributed by atoms with E-state index in [1.807, 2.05) is 0 Å². The molecule has 0 N–H and O–H groups in total. The van der Waals surface area contributed by atoms with Crippen molar-refractivity contribution in [3.63, 3.8) is 0 Å². The monoisotopic (exact) mass is 413 g/mol. The van der Waals surface area contributed by atoms with E-state index in [-0.39, 0.29) is 19.0 Å². The summed E-state index contributed by atoms with van der Waals surface area (Å²) >= 11 is 3.31. The van der Waals surface area contributed by atoms with Crippen molar-refractivity contribution in [3.8, 4) is 0 Å². The molecule has 0 bridgehead atoms. The summed E-state index contributed by atoms with van der Waals surface area (Å²) in [4.78, 5) is 32.1. The van der Waals surface area contributed by atoms with E-state index in [0.717, 1.165) is 5.69 Å². The predicted molar refractivity (Wildman–Crippen MR) is 93.2 cm³/mol. The van der Waals surface area contributed by atoms with Gasteiger partial charge in [0.15, 0.2) is 0 Å². The Labute approximate surface area is 154 Å². The van der Waals surface area contributed by atoms with Gasteiger partial charge in [-0.2, -0.15) is 0 Å². The molecule has 2 unspecified atom stereocenters. The molecule has 2 amide bonds. The average molecular weight is 414 g/mol. The Morgan fingerprint density at radius 1 is 1.40 bits per heavy atom. The molecule has 1 aromatic heterocycles. The second-order valence-electron chi connectivity index (χ2n) is 7.37. The number of likely N-dealkylation sites (tertiary alicyclic amines) is 1. The first kappa shape index (κ1) is 18.1. The molecule has 8 heteroatoms. The van der Waals surface area contributed by atoms with Crippen LogP contribution < -0.4 is 0 Å². The highest BCUT2D eigenvalue weighted by molar-refractivity contribution is 9.10. The Morgan fingerprint density at radius 2 is 2.12 bits per heavy atom. The summed E-state index contributed by atoms with van der Waals surface area (Å²) in [5.74, 6) is -0.242. The Hall–Kier alpha value is -1.70. The summed E-state index contributed by atoms with van der Waals surface area (Å²) in [5, 5.41) is 0. The number of pyridine rings is 1. The average Bonchev–Trinajstić information content (AvgIpc) is 2.89. The third-order valence-electron chi connectivity index (χ3n) is 4.29. The Bertz CT molecular complexity index is 707. The van der Waals surface area contributed by atoms with Gasteiger partial charge in [0.05, 0.1) is 23.8 Å². The van der Waals surface area contributed by atoms with Gasteiger partial charge in [0, 0.05) is 30.2 Å². The number of amides is 2. The van der Waals surface area contributed by atoms with E-state index in [9.17, 15) is 14.0 Å². The van der Waals surface area contributed by atoms with E-state index in [0.29, 0.717) is 23.0 Å². The summed E-state index contributed by atoms with van der Waals surface area (Å²) in [5.41, 5.74) is 0.573. The largest absolute Gasteiger partial charge is 0.444 e. The molecular formula is C17H21BrFN3O3. The quantitative estimate of drug-likeness (QED) is 0.709. The smallest absolute Gasteiger partial charge is 0.410 e. The summed E-state index contributed by atoms with van der Waals surface area (Å²) < 4.78 is 20.6. The van der Waals surface area contributed by atoms with Crippen LogP contribution in [-0.4, -0.2) is 64.2 Å². The van der Waals surface area contributed by atoms with Gasteiger partial charge in [0.2, 0.25) is 0 Å². The highest BCUT2D eigenvalue weighted by Crippen LogP contribution is 2.27. The molecule has 0 aromatic carbocycles. The van der Waals surface area contributed by atoms with Gasteiger partial charge >= 0.3 is 6.09 Å². The van der Waals surface area contributed by atoms with E-state index in [4.69, 9.17) is 4.74 Å². The molecule has 3 heterocycles. The van der Waals surface area contributed by atoms with Crippen molar-refractivity contribution in [2.75, 3.05) is 19.6 Å². The fourth-order valence-electron chi connectivity index (χ4n) is 3.17. The van der Waals surface area contributed by atoms with Crippen LogP contribution in [0.1, 0.15) is 36.8 Å². The van der Waals surface area contributed by atoms with Crippen molar-refractivity contribution in [1.29, 1.82) is 0 Å². The zero-order chi connectivity index (χ0) is 18.4. The number of fused-ring (bicyclic) bond motifs is 1. The van der Waals surface area contributed by atoms with E-state index < -0.39 is 23.9 Å². The second kappa shape index (κ2) is 6.55. The molecule has 2 aliphatic rings. The lowest BCUT2D eigenvalue weighted by Crippen LogP contribution is -2.49. The van der Waals surface area contributed by atoms with Crippen molar-refractivity contribution < 1.29 is 18.7 Å². The van der Waals surface area contributed by atoms with Crippen LogP contribution in [0, 0.1) is 0 Å². The maximum absolute atomic E-state index is 14.6. The maximum Gasteiger partial charge on any atom is 0.410 e. The first-order valence-electron chi connectivity index (χ1n) is 8.23. The molecule has 25 heavy (non-hydrogen) atoms. The van der Waals surface area contributed by atoms with Crippen molar-refractivity contribution in [2.24, 2.45) is 0 Å². The van der Waals surface area contributed by atoms with Crippen molar-refractivity contribution in [1.82, 2.24) is 14.8 Å². The van der Waals surface area contributed by atoms with Gasteiger partial charge in [-0.1, -0.05) is 0 Å². The van der Waals surface area contributed by atoms with Crippen LogP contribution in [0.15, 0.2) is 16.7 Å². The summed E-state index contributed by atoms with van der Waals surface area (Å²) in [7, 11) is 0. The Morgan fingerprint density at radius 3 is 2.80 bits per heavy atom. The zero-order valence-electron chi connectivity index (χ0n) is 14.5. The molecule has 1 aromatic rings. The first-order valence-corrected chi connectivity index (χ1v) is 9.02. The third kappa shape index (κ3) is 3.78. The lowest BCUT2D eigenvalue weighted by atomic mass is 10.0. The molecule has 136 valence electrons. The molecule has 2 atom stereocenters. The van der Waals surface area contributed by atoms with E-state index in [2.05, 4.69) is 20.9 Å². The molecule has 3 rings (SSSR count). The Kier molecular flexibility index (Phi) is 4.74. The van der Waals surface area contributed by atoms with Gasteiger partial charge in [-0.15, -0.1) is 0 Å². The number of alkyl halides is 1. The Balaban J connectivity index is 1.74. The molecule has 2 aliphatic heterocycles. The van der Waals surface area contributed by atoms with Crippen molar-refractivity contribution >= 4 is 27.9 Å². The molecule has 0 aliphatic carbocycles. The lowest BCUT2D eigenvalue weighted by molar-refractivity contribution is 0.0272. The number of hydrogen-bond acceptors (Lipinski definition) is 4. The SMILES string of the molecule is CC(C)(C)OC(=O)N1CC(F)C(N2CCc3ncc(Br)cc3C2=O)C1. The van der Waals surface area contributed by atoms with E-state index in [1.54, 1.807) is 33.0 Å². The number of aromatic nitrogens is 1. The van der Waals surface area contributed by atoms with Crippen LogP contribution >= 0.6 is 15.9 Å². The fraction of sp³-hybridized carbons (Fsp3) is 0.588. The minimum Gasteiger partial charge on any atom is -0.444 e. The van der Waals surface area contributed by atoms with Crippen molar-refractivity contribution in [3.05, 3.63) is 28.0 Å². The van der Waals surface area contributed by atoms with Gasteiger partial charge in [0.1, 0.15) is 11.8 Å². The fourth-order valence-corrected chi connectivity index (χ4v) is 3.50. The molecule has 1 saturated heterocycles. The second-order valence-corrected chi connectivity index (χ2v) is 8.28. The van der Waals surface area contributed by atoms with Gasteiger partial charge in [0.25, 0.3) is 5.91 Å². The number of rotatable bonds is 1.